The van der Waals surface area contributed by atoms with Crippen molar-refractivity contribution in [1.82, 2.24) is 9.78 Å². The topological polar surface area (TPSA) is 64.0 Å². The number of sulfonamides is 1. The molecule has 0 radical (unpaired) electrons. The Morgan fingerprint density at radius 2 is 2.24 bits per heavy atom. The lowest BCUT2D eigenvalue weighted by molar-refractivity contribution is 0.600. The van der Waals surface area contributed by atoms with Crippen LogP contribution in [0.15, 0.2) is 21.7 Å². The molecule has 5 nitrogen and oxygen atoms in total. The zero-order valence-electron chi connectivity index (χ0n) is 9.14. The van der Waals surface area contributed by atoms with Crippen LogP contribution in [0.1, 0.15) is 5.69 Å². The Morgan fingerprint density at radius 3 is 2.71 bits per heavy atom. The van der Waals surface area contributed by atoms with Gasteiger partial charge in [-0.05, 0) is 18.4 Å². The first-order valence-corrected chi connectivity index (χ1v) is 7.46. The monoisotopic (exact) mass is 291 g/mol. The fraction of sp³-hybridized carbons (Fsp3) is 0.222. The number of nitrogens with zero attached hydrogens (tertiary/aromatic N) is 2. The Balaban J connectivity index is 2.45. The number of aromatic nitrogens is 2. The van der Waals surface area contributed by atoms with E-state index < -0.39 is 10.0 Å². The molecule has 8 heteroatoms. The molecule has 0 unspecified atom stereocenters. The van der Waals surface area contributed by atoms with Crippen molar-refractivity contribution in [2.24, 2.45) is 7.05 Å². The van der Waals surface area contributed by atoms with E-state index in [9.17, 15) is 8.42 Å². The quantitative estimate of drug-likeness (QED) is 0.943. The van der Waals surface area contributed by atoms with Crippen molar-refractivity contribution in [2.75, 3.05) is 4.72 Å². The van der Waals surface area contributed by atoms with Gasteiger partial charge in [-0.3, -0.25) is 9.40 Å². The first-order valence-electron chi connectivity index (χ1n) is 4.66. The zero-order valence-corrected chi connectivity index (χ0v) is 11.5. The summed E-state index contributed by atoms with van der Waals surface area (Å²) < 4.78 is 28.0. The van der Waals surface area contributed by atoms with Crippen LogP contribution in [0.25, 0.3) is 0 Å². The summed E-state index contributed by atoms with van der Waals surface area (Å²) in [6.45, 7) is 1.61. The number of aryl methyl sites for hydroxylation is 2. The molecule has 17 heavy (non-hydrogen) atoms. The van der Waals surface area contributed by atoms with Crippen LogP contribution in [0.4, 0.5) is 5.69 Å². The molecule has 1 N–H and O–H groups in total. The number of hydrogen-bond acceptors (Lipinski definition) is 4. The van der Waals surface area contributed by atoms with Crippen LogP contribution in [0, 0.1) is 6.92 Å². The molecule has 2 heterocycles. The molecule has 2 rings (SSSR count). The molecule has 0 atom stereocenters. The lowest BCUT2D eigenvalue weighted by Gasteiger charge is -2.05. The number of thiophene rings is 1. The van der Waals surface area contributed by atoms with Crippen LogP contribution in [0.2, 0.25) is 5.15 Å². The third kappa shape index (κ3) is 2.31. The molecule has 0 spiro atoms. The summed E-state index contributed by atoms with van der Waals surface area (Å²) in [5.74, 6) is 0. The summed E-state index contributed by atoms with van der Waals surface area (Å²) in [6, 6.07) is 1.68. The van der Waals surface area contributed by atoms with Gasteiger partial charge in [0, 0.05) is 12.4 Å². The van der Waals surface area contributed by atoms with Gasteiger partial charge in [-0.2, -0.15) is 16.4 Å². The second kappa shape index (κ2) is 4.32. The number of nitrogens with one attached hydrogen (secondary N) is 1. The lowest BCUT2D eigenvalue weighted by atomic mass is 10.5. The maximum Gasteiger partial charge on any atom is 0.266 e. The van der Waals surface area contributed by atoms with Crippen molar-refractivity contribution in [1.29, 1.82) is 0 Å². The second-order valence-electron chi connectivity index (χ2n) is 3.45. The Kier molecular flexibility index (Phi) is 3.15. The highest BCUT2D eigenvalue weighted by atomic mass is 35.5. The molecule has 92 valence electrons. The van der Waals surface area contributed by atoms with Crippen molar-refractivity contribution in [3.8, 4) is 0 Å². The second-order valence-corrected chi connectivity index (χ2v) is 6.20. The molecule has 0 fully saturated rings. The Morgan fingerprint density at radius 1 is 1.53 bits per heavy atom. The number of hydrogen-bond donors (Lipinski definition) is 1. The standard InChI is InChI=1S/C9H10ClN3O2S2/c1-6-8(9(10)13(2)11-6)17(14,15)12-7-3-4-16-5-7/h3-5,12H,1-2H3. The van der Waals surface area contributed by atoms with E-state index in [1.165, 1.54) is 16.0 Å². The fourth-order valence-corrected chi connectivity index (χ4v) is 3.91. The van der Waals surface area contributed by atoms with E-state index in [1.54, 1.807) is 30.8 Å². The van der Waals surface area contributed by atoms with E-state index in [1.807, 2.05) is 0 Å². The molecule has 2 aromatic heterocycles. The van der Waals surface area contributed by atoms with Gasteiger partial charge in [0.2, 0.25) is 0 Å². The molecule has 0 aliphatic heterocycles. The van der Waals surface area contributed by atoms with Gasteiger partial charge >= 0.3 is 0 Å². The van der Waals surface area contributed by atoms with Crippen LogP contribution in [-0.2, 0) is 17.1 Å². The van der Waals surface area contributed by atoms with Crippen molar-refractivity contribution in [3.63, 3.8) is 0 Å². The molecule has 2 aromatic rings. The largest absolute Gasteiger partial charge is 0.279 e. The van der Waals surface area contributed by atoms with Crippen LogP contribution >= 0.6 is 22.9 Å². The first-order chi connectivity index (χ1) is 7.92. The smallest absolute Gasteiger partial charge is 0.266 e. The maximum absolute atomic E-state index is 12.1. The molecular formula is C9H10ClN3O2S2. The Bertz CT molecular complexity index is 632. The van der Waals surface area contributed by atoms with Crippen molar-refractivity contribution >= 4 is 38.6 Å². The number of anilines is 1. The molecule has 0 saturated carbocycles. The highest BCUT2D eigenvalue weighted by Gasteiger charge is 2.25. The highest BCUT2D eigenvalue weighted by molar-refractivity contribution is 7.92. The Hall–Kier alpha value is -1.05. The van der Waals surface area contributed by atoms with Crippen LogP contribution in [0.5, 0.6) is 0 Å². The summed E-state index contributed by atoms with van der Waals surface area (Å²) in [4.78, 5) is 0.0212. The molecule has 0 aromatic carbocycles. The lowest BCUT2D eigenvalue weighted by Crippen LogP contribution is -2.13. The summed E-state index contributed by atoms with van der Waals surface area (Å²) in [5, 5.41) is 7.57. The van der Waals surface area contributed by atoms with Gasteiger partial charge in [0.25, 0.3) is 10.0 Å². The van der Waals surface area contributed by atoms with Gasteiger partial charge in [0.15, 0.2) is 0 Å². The summed E-state index contributed by atoms with van der Waals surface area (Å²) in [5.41, 5.74) is 0.898. The van der Waals surface area contributed by atoms with E-state index in [-0.39, 0.29) is 10.0 Å². The van der Waals surface area contributed by atoms with Crippen LogP contribution in [-0.4, -0.2) is 18.2 Å². The van der Waals surface area contributed by atoms with Gasteiger partial charge in [-0.25, -0.2) is 8.42 Å². The average molecular weight is 292 g/mol. The van der Waals surface area contributed by atoms with Crippen LogP contribution < -0.4 is 4.72 Å². The van der Waals surface area contributed by atoms with Crippen LogP contribution in [0.3, 0.4) is 0 Å². The van der Waals surface area contributed by atoms with Gasteiger partial charge in [-0.15, -0.1) is 0 Å². The van der Waals surface area contributed by atoms with Crippen molar-refractivity contribution in [3.05, 3.63) is 27.7 Å². The normalized spacial score (nSPS) is 11.7. The van der Waals surface area contributed by atoms with Crippen molar-refractivity contribution < 1.29 is 8.42 Å². The highest BCUT2D eigenvalue weighted by Crippen LogP contribution is 2.26. The predicted octanol–water partition coefficient (Wildman–Crippen LogP) is 2.24. The molecule has 0 saturated heterocycles. The summed E-state index contributed by atoms with van der Waals surface area (Å²) in [7, 11) is -2.09. The predicted molar refractivity (Wildman–Crippen MR) is 68.1 cm³/mol. The minimum Gasteiger partial charge on any atom is -0.279 e. The van der Waals surface area contributed by atoms with Crippen molar-refractivity contribution in [2.45, 2.75) is 11.8 Å². The molecular weight excluding hydrogens is 282 g/mol. The first kappa shape index (κ1) is 12.4. The van der Waals surface area contributed by atoms with E-state index in [0.29, 0.717) is 11.4 Å². The number of halogens is 1. The molecule has 0 aliphatic rings. The third-order valence-corrected chi connectivity index (χ3v) is 4.90. The average Bonchev–Trinajstić information content (AvgIpc) is 2.76. The van der Waals surface area contributed by atoms with E-state index in [4.69, 9.17) is 11.6 Å². The van der Waals surface area contributed by atoms with Gasteiger partial charge < -0.3 is 0 Å². The summed E-state index contributed by atoms with van der Waals surface area (Å²) in [6.07, 6.45) is 0. The molecule has 0 amide bonds. The van der Waals surface area contributed by atoms with Gasteiger partial charge in [0.05, 0.1) is 11.4 Å². The molecule has 0 bridgehead atoms. The number of rotatable bonds is 3. The third-order valence-electron chi connectivity index (χ3n) is 2.14. The van der Waals surface area contributed by atoms with Gasteiger partial charge in [0.1, 0.15) is 10.0 Å². The van der Waals surface area contributed by atoms with E-state index >= 15 is 0 Å². The minimum absolute atomic E-state index is 0.0212. The fourth-order valence-electron chi connectivity index (χ4n) is 1.44. The van der Waals surface area contributed by atoms with E-state index in [0.717, 1.165) is 0 Å². The SMILES string of the molecule is Cc1nn(C)c(Cl)c1S(=O)(=O)Nc1ccsc1. The van der Waals surface area contributed by atoms with Gasteiger partial charge in [-0.1, -0.05) is 11.6 Å². The maximum atomic E-state index is 12.1. The minimum atomic E-state index is -3.68. The van der Waals surface area contributed by atoms with E-state index in [2.05, 4.69) is 9.82 Å². The zero-order chi connectivity index (χ0) is 12.6. The summed E-state index contributed by atoms with van der Waals surface area (Å²) >= 11 is 7.33. The Labute approximate surface area is 108 Å². The molecule has 0 aliphatic carbocycles.